The SMILES string of the molecule is CCCCC(CC)Cn1c2ccccc2c2cc(/C=C/C=O)ccc21. The molecular weight excluding hydrogens is 306 g/mol. The van der Waals surface area contributed by atoms with Crippen LogP contribution in [0.1, 0.15) is 45.1 Å². The highest BCUT2D eigenvalue weighted by molar-refractivity contribution is 6.08. The van der Waals surface area contributed by atoms with Crippen LogP contribution in [0.15, 0.2) is 48.5 Å². The Morgan fingerprint density at radius 2 is 1.84 bits per heavy atom. The number of rotatable bonds is 8. The summed E-state index contributed by atoms with van der Waals surface area (Å²) in [6.45, 7) is 5.64. The van der Waals surface area contributed by atoms with Gasteiger partial charge in [-0.1, -0.05) is 63.5 Å². The van der Waals surface area contributed by atoms with E-state index in [1.807, 2.05) is 6.08 Å². The fourth-order valence-electron chi connectivity index (χ4n) is 3.70. The number of hydrogen-bond acceptors (Lipinski definition) is 1. The van der Waals surface area contributed by atoms with Gasteiger partial charge in [0, 0.05) is 28.4 Å². The lowest BCUT2D eigenvalue weighted by Crippen LogP contribution is -2.10. The number of carbonyl (C=O) groups excluding carboxylic acids is 1. The number of fused-ring (bicyclic) bond motifs is 3. The van der Waals surface area contributed by atoms with E-state index in [1.165, 1.54) is 47.5 Å². The minimum absolute atomic E-state index is 0.716. The topological polar surface area (TPSA) is 22.0 Å². The summed E-state index contributed by atoms with van der Waals surface area (Å²) >= 11 is 0. The van der Waals surface area contributed by atoms with Crippen molar-refractivity contribution in [3.63, 3.8) is 0 Å². The molecule has 2 nitrogen and oxygen atoms in total. The van der Waals surface area contributed by atoms with Gasteiger partial charge in [0.15, 0.2) is 0 Å². The highest BCUT2D eigenvalue weighted by Crippen LogP contribution is 2.31. The molecule has 0 saturated heterocycles. The molecule has 25 heavy (non-hydrogen) atoms. The van der Waals surface area contributed by atoms with Crippen molar-refractivity contribution in [2.24, 2.45) is 5.92 Å². The van der Waals surface area contributed by atoms with E-state index in [4.69, 9.17) is 0 Å². The number of carbonyl (C=O) groups is 1. The average Bonchev–Trinajstić information content (AvgIpc) is 2.96. The lowest BCUT2D eigenvalue weighted by molar-refractivity contribution is -0.104. The molecule has 0 saturated carbocycles. The van der Waals surface area contributed by atoms with Crippen molar-refractivity contribution in [1.29, 1.82) is 0 Å². The van der Waals surface area contributed by atoms with E-state index in [2.05, 4.69) is 60.9 Å². The van der Waals surface area contributed by atoms with Gasteiger partial charge in [0.1, 0.15) is 6.29 Å². The number of nitrogens with zero attached hydrogens (tertiary/aromatic N) is 1. The van der Waals surface area contributed by atoms with Gasteiger partial charge in [0.2, 0.25) is 0 Å². The Hall–Kier alpha value is -2.35. The fraction of sp³-hybridized carbons (Fsp3) is 0.348. The Kier molecular flexibility index (Phi) is 5.70. The second kappa shape index (κ2) is 8.15. The summed E-state index contributed by atoms with van der Waals surface area (Å²) in [5, 5.41) is 2.57. The van der Waals surface area contributed by atoms with E-state index in [0.29, 0.717) is 5.92 Å². The minimum atomic E-state index is 0.716. The molecule has 0 N–H and O–H groups in total. The molecule has 1 atom stereocenters. The van der Waals surface area contributed by atoms with Crippen LogP contribution in [0.3, 0.4) is 0 Å². The summed E-state index contributed by atoms with van der Waals surface area (Å²) in [4.78, 5) is 10.6. The normalized spacial score (nSPS) is 13.0. The van der Waals surface area contributed by atoms with Crippen molar-refractivity contribution in [1.82, 2.24) is 4.57 Å². The first-order valence-corrected chi connectivity index (χ1v) is 9.41. The van der Waals surface area contributed by atoms with E-state index in [1.54, 1.807) is 6.08 Å². The molecular formula is C23H27NO. The summed E-state index contributed by atoms with van der Waals surface area (Å²) in [7, 11) is 0. The minimum Gasteiger partial charge on any atom is -0.340 e. The third-order valence-corrected chi connectivity index (χ3v) is 5.15. The largest absolute Gasteiger partial charge is 0.340 e. The van der Waals surface area contributed by atoms with Gasteiger partial charge in [-0.05, 0) is 42.2 Å². The number of para-hydroxylation sites is 1. The van der Waals surface area contributed by atoms with Crippen molar-refractivity contribution >= 4 is 34.2 Å². The monoisotopic (exact) mass is 333 g/mol. The van der Waals surface area contributed by atoms with E-state index in [9.17, 15) is 4.79 Å². The Balaban J connectivity index is 2.09. The molecule has 0 radical (unpaired) electrons. The molecule has 1 unspecified atom stereocenters. The first-order chi connectivity index (χ1) is 12.3. The average molecular weight is 333 g/mol. The van der Waals surface area contributed by atoms with Crippen LogP contribution in [-0.2, 0) is 11.3 Å². The predicted molar refractivity (Wildman–Crippen MR) is 108 cm³/mol. The number of unbranched alkanes of at least 4 members (excludes halogenated alkanes) is 1. The second-order valence-corrected chi connectivity index (χ2v) is 6.82. The molecule has 130 valence electrons. The van der Waals surface area contributed by atoms with Crippen LogP contribution in [0.25, 0.3) is 27.9 Å². The lowest BCUT2D eigenvalue weighted by atomic mass is 9.99. The van der Waals surface area contributed by atoms with Crippen LogP contribution < -0.4 is 0 Å². The summed E-state index contributed by atoms with van der Waals surface area (Å²) in [6.07, 6.45) is 9.32. The van der Waals surface area contributed by atoms with E-state index < -0.39 is 0 Å². The van der Waals surface area contributed by atoms with Crippen LogP contribution in [0.4, 0.5) is 0 Å². The molecule has 0 amide bonds. The van der Waals surface area contributed by atoms with E-state index in [0.717, 1.165) is 18.4 Å². The Morgan fingerprint density at radius 1 is 1.04 bits per heavy atom. The molecule has 0 spiro atoms. The molecule has 0 fully saturated rings. The van der Waals surface area contributed by atoms with Crippen LogP contribution in [0.2, 0.25) is 0 Å². The fourth-order valence-corrected chi connectivity index (χ4v) is 3.70. The quantitative estimate of drug-likeness (QED) is 0.354. The Labute approximate surface area is 150 Å². The molecule has 0 bridgehead atoms. The van der Waals surface area contributed by atoms with Gasteiger partial charge in [-0.15, -0.1) is 0 Å². The predicted octanol–water partition coefficient (Wildman–Crippen LogP) is 6.22. The molecule has 3 rings (SSSR count). The molecule has 1 aromatic heterocycles. The highest BCUT2D eigenvalue weighted by Gasteiger charge is 2.14. The Morgan fingerprint density at radius 3 is 2.60 bits per heavy atom. The zero-order valence-corrected chi connectivity index (χ0v) is 15.2. The maximum atomic E-state index is 10.6. The first-order valence-electron chi connectivity index (χ1n) is 9.41. The third kappa shape index (κ3) is 3.68. The van der Waals surface area contributed by atoms with Crippen molar-refractivity contribution in [3.8, 4) is 0 Å². The van der Waals surface area contributed by atoms with Gasteiger partial charge >= 0.3 is 0 Å². The lowest BCUT2D eigenvalue weighted by Gasteiger charge is -2.17. The summed E-state index contributed by atoms with van der Waals surface area (Å²) in [5.74, 6) is 0.716. The van der Waals surface area contributed by atoms with Gasteiger partial charge in [-0.2, -0.15) is 0 Å². The van der Waals surface area contributed by atoms with Gasteiger partial charge in [-0.3, -0.25) is 4.79 Å². The second-order valence-electron chi connectivity index (χ2n) is 6.82. The summed E-state index contributed by atoms with van der Waals surface area (Å²) in [6, 6.07) is 15.2. The standard InChI is InChI=1S/C23H27NO/c1-3-5-9-18(4-2)17-24-22-12-7-6-11-20(22)21-16-19(10-8-15-25)13-14-23(21)24/h6-8,10-16,18H,3-5,9,17H2,1-2H3/b10-8+. The van der Waals surface area contributed by atoms with Crippen LogP contribution in [0, 0.1) is 5.92 Å². The molecule has 3 aromatic rings. The number of aldehydes is 1. The summed E-state index contributed by atoms with van der Waals surface area (Å²) < 4.78 is 2.49. The van der Waals surface area contributed by atoms with Crippen molar-refractivity contribution in [2.75, 3.05) is 0 Å². The first kappa shape index (κ1) is 17.5. The number of benzene rings is 2. The molecule has 1 heterocycles. The smallest absolute Gasteiger partial charge is 0.142 e. The van der Waals surface area contributed by atoms with Crippen molar-refractivity contribution in [2.45, 2.75) is 46.1 Å². The van der Waals surface area contributed by atoms with E-state index >= 15 is 0 Å². The number of hydrogen-bond donors (Lipinski definition) is 0. The zero-order valence-electron chi connectivity index (χ0n) is 15.2. The molecule has 2 aromatic carbocycles. The maximum absolute atomic E-state index is 10.6. The van der Waals surface area contributed by atoms with E-state index in [-0.39, 0.29) is 0 Å². The van der Waals surface area contributed by atoms with Crippen LogP contribution >= 0.6 is 0 Å². The van der Waals surface area contributed by atoms with Gasteiger partial charge in [0.05, 0.1) is 0 Å². The highest BCUT2D eigenvalue weighted by atomic mass is 16.1. The van der Waals surface area contributed by atoms with Gasteiger partial charge in [0.25, 0.3) is 0 Å². The van der Waals surface area contributed by atoms with Crippen molar-refractivity contribution < 1.29 is 4.79 Å². The Bertz CT molecular complexity index is 888. The number of allylic oxidation sites excluding steroid dienone is 1. The summed E-state index contributed by atoms with van der Waals surface area (Å²) in [5.41, 5.74) is 3.67. The van der Waals surface area contributed by atoms with Gasteiger partial charge < -0.3 is 4.57 Å². The van der Waals surface area contributed by atoms with Crippen molar-refractivity contribution in [3.05, 3.63) is 54.1 Å². The maximum Gasteiger partial charge on any atom is 0.142 e. The zero-order chi connectivity index (χ0) is 17.6. The van der Waals surface area contributed by atoms with Gasteiger partial charge in [-0.25, -0.2) is 0 Å². The molecule has 2 heteroatoms. The molecule has 0 aliphatic rings. The third-order valence-electron chi connectivity index (χ3n) is 5.15. The molecule has 0 aliphatic carbocycles. The molecule has 0 aliphatic heterocycles. The van der Waals surface area contributed by atoms with Crippen LogP contribution in [0.5, 0.6) is 0 Å². The number of aromatic nitrogens is 1. The van der Waals surface area contributed by atoms with Crippen LogP contribution in [-0.4, -0.2) is 10.9 Å².